The average molecular weight is 294 g/mol. The number of rotatable bonds is 5. The van der Waals surface area contributed by atoms with Crippen molar-refractivity contribution >= 4 is 17.8 Å². The molecule has 0 aromatic heterocycles. The van der Waals surface area contributed by atoms with E-state index in [4.69, 9.17) is 5.11 Å². The maximum Gasteiger partial charge on any atom is 0.335 e. The number of halogens is 1. The summed E-state index contributed by atoms with van der Waals surface area (Å²) in [6, 6.07) is 3.23. The molecular formula is C14H15FN2O4. The number of amides is 2. The number of hydrogen-bond acceptors (Lipinski definition) is 3. The Morgan fingerprint density at radius 3 is 2.57 bits per heavy atom. The predicted octanol–water partition coefficient (Wildman–Crippen LogP) is 0.875. The SMILES string of the molecule is CN(CC(=O)NC1CC1)C(=O)c1ccc(C(=O)O)cc1F. The number of carbonyl (C=O) groups excluding carboxylic acids is 2. The second-order valence-electron chi connectivity index (χ2n) is 5.00. The van der Waals surface area contributed by atoms with Crippen molar-refractivity contribution in [1.82, 2.24) is 10.2 Å². The predicted molar refractivity (Wildman–Crippen MR) is 71.5 cm³/mol. The topological polar surface area (TPSA) is 86.7 Å². The highest BCUT2D eigenvalue weighted by Crippen LogP contribution is 2.18. The van der Waals surface area contributed by atoms with E-state index < -0.39 is 17.7 Å². The molecule has 0 atom stereocenters. The van der Waals surface area contributed by atoms with Crippen molar-refractivity contribution in [3.63, 3.8) is 0 Å². The smallest absolute Gasteiger partial charge is 0.335 e. The van der Waals surface area contributed by atoms with Crippen molar-refractivity contribution in [2.45, 2.75) is 18.9 Å². The number of nitrogens with one attached hydrogen (secondary N) is 1. The first-order chi connectivity index (χ1) is 9.88. The summed E-state index contributed by atoms with van der Waals surface area (Å²) in [5.74, 6) is -3.16. The van der Waals surface area contributed by atoms with Crippen LogP contribution in [0.5, 0.6) is 0 Å². The van der Waals surface area contributed by atoms with Gasteiger partial charge in [0.1, 0.15) is 5.82 Å². The Labute approximate surface area is 120 Å². The normalized spacial score (nSPS) is 13.6. The van der Waals surface area contributed by atoms with E-state index in [1.54, 1.807) is 0 Å². The Kier molecular flexibility index (Phi) is 4.21. The van der Waals surface area contributed by atoms with Crippen molar-refractivity contribution in [3.8, 4) is 0 Å². The number of hydrogen-bond donors (Lipinski definition) is 2. The minimum Gasteiger partial charge on any atom is -0.478 e. The van der Waals surface area contributed by atoms with Crippen molar-refractivity contribution in [1.29, 1.82) is 0 Å². The Balaban J connectivity index is 2.04. The lowest BCUT2D eigenvalue weighted by Gasteiger charge is -2.17. The zero-order chi connectivity index (χ0) is 15.6. The Bertz CT molecular complexity index is 599. The van der Waals surface area contributed by atoms with E-state index in [1.807, 2.05) is 0 Å². The fraction of sp³-hybridized carbons (Fsp3) is 0.357. The fourth-order valence-corrected chi connectivity index (χ4v) is 1.82. The molecule has 6 nitrogen and oxygen atoms in total. The first-order valence-corrected chi connectivity index (χ1v) is 6.46. The summed E-state index contributed by atoms with van der Waals surface area (Å²) in [6.45, 7) is -0.171. The molecule has 1 aliphatic carbocycles. The van der Waals surface area contributed by atoms with Gasteiger partial charge in [0.15, 0.2) is 0 Å². The van der Waals surface area contributed by atoms with Crippen LogP contribution >= 0.6 is 0 Å². The number of carboxylic acids is 1. The van der Waals surface area contributed by atoms with Crippen LogP contribution in [0.15, 0.2) is 18.2 Å². The van der Waals surface area contributed by atoms with Crippen molar-refractivity contribution in [2.24, 2.45) is 0 Å². The number of aromatic carboxylic acids is 1. The lowest BCUT2D eigenvalue weighted by molar-refractivity contribution is -0.121. The molecule has 112 valence electrons. The maximum absolute atomic E-state index is 13.8. The average Bonchev–Trinajstić information content (AvgIpc) is 3.21. The van der Waals surface area contributed by atoms with Crippen LogP contribution in [0.4, 0.5) is 4.39 Å². The Morgan fingerprint density at radius 1 is 1.38 bits per heavy atom. The van der Waals surface area contributed by atoms with Crippen LogP contribution in [0.3, 0.4) is 0 Å². The molecule has 21 heavy (non-hydrogen) atoms. The minimum atomic E-state index is -1.27. The summed E-state index contributed by atoms with van der Waals surface area (Å²) < 4.78 is 13.8. The van der Waals surface area contributed by atoms with Gasteiger partial charge < -0.3 is 15.3 Å². The summed E-state index contributed by atoms with van der Waals surface area (Å²) in [7, 11) is 1.39. The molecule has 2 amide bonds. The maximum atomic E-state index is 13.8. The van der Waals surface area contributed by atoms with Gasteiger partial charge in [-0.25, -0.2) is 9.18 Å². The van der Waals surface area contributed by atoms with Crippen LogP contribution in [0, 0.1) is 5.82 Å². The second kappa shape index (κ2) is 5.90. The molecule has 1 aromatic rings. The molecule has 0 saturated heterocycles. The fourth-order valence-electron chi connectivity index (χ4n) is 1.82. The summed E-state index contributed by atoms with van der Waals surface area (Å²) in [4.78, 5) is 35.4. The molecule has 7 heteroatoms. The number of carbonyl (C=O) groups is 3. The summed E-state index contributed by atoms with van der Waals surface area (Å²) in [6.07, 6.45) is 1.88. The van der Waals surface area contributed by atoms with Crippen LogP contribution < -0.4 is 5.32 Å². The molecule has 0 bridgehead atoms. The number of likely N-dealkylation sites (N-methyl/N-ethyl adjacent to an activating group) is 1. The van der Waals surface area contributed by atoms with Crippen LogP contribution in [0.25, 0.3) is 0 Å². The molecule has 0 aliphatic heterocycles. The highest BCUT2D eigenvalue weighted by Gasteiger charge is 2.25. The first-order valence-electron chi connectivity index (χ1n) is 6.46. The number of benzene rings is 1. The van der Waals surface area contributed by atoms with Crippen molar-refractivity contribution in [3.05, 3.63) is 35.1 Å². The molecule has 1 saturated carbocycles. The van der Waals surface area contributed by atoms with E-state index in [1.165, 1.54) is 7.05 Å². The molecule has 0 radical (unpaired) electrons. The van der Waals surface area contributed by atoms with Gasteiger partial charge in [-0.3, -0.25) is 9.59 Å². The highest BCUT2D eigenvalue weighted by atomic mass is 19.1. The van der Waals surface area contributed by atoms with E-state index >= 15 is 0 Å². The molecule has 2 rings (SSSR count). The molecule has 0 heterocycles. The quantitative estimate of drug-likeness (QED) is 0.844. The summed E-state index contributed by atoms with van der Waals surface area (Å²) in [5, 5.41) is 11.5. The molecule has 0 spiro atoms. The Morgan fingerprint density at radius 2 is 2.05 bits per heavy atom. The molecule has 1 fully saturated rings. The molecule has 0 unspecified atom stereocenters. The van der Waals surface area contributed by atoms with E-state index in [2.05, 4.69) is 5.32 Å². The van der Waals surface area contributed by atoms with Gasteiger partial charge in [-0.1, -0.05) is 0 Å². The van der Waals surface area contributed by atoms with Crippen LogP contribution in [0.2, 0.25) is 0 Å². The van der Waals surface area contributed by atoms with E-state index in [9.17, 15) is 18.8 Å². The van der Waals surface area contributed by atoms with Gasteiger partial charge >= 0.3 is 5.97 Å². The van der Waals surface area contributed by atoms with Gasteiger partial charge in [0.25, 0.3) is 5.91 Å². The Hall–Kier alpha value is -2.44. The highest BCUT2D eigenvalue weighted by molar-refractivity contribution is 5.97. The largest absolute Gasteiger partial charge is 0.478 e. The van der Waals surface area contributed by atoms with Gasteiger partial charge in [0, 0.05) is 13.1 Å². The standard InChI is InChI=1S/C14H15FN2O4/c1-17(7-12(18)16-9-3-4-9)13(19)10-5-2-8(14(20)21)6-11(10)15/h2,5-6,9H,3-4,7H2,1H3,(H,16,18)(H,20,21). The third-order valence-electron chi connectivity index (χ3n) is 3.12. The van der Waals surface area contributed by atoms with Crippen LogP contribution in [-0.2, 0) is 4.79 Å². The summed E-state index contributed by atoms with van der Waals surface area (Å²) in [5.41, 5.74) is -0.500. The minimum absolute atomic E-state index is 0.171. The molecule has 1 aliphatic rings. The van der Waals surface area contributed by atoms with Crippen molar-refractivity contribution < 1.29 is 23.9 Å². The zero-order valence-electron chi connectivity index (χ0n) is 11.4. The van der Waals surface area contributed by atoms with Crippen LogP contribution in [0.1, 0.15) is 33.6 Å². The lowest BCUT2D eigenvalue weighted by atomic mass is 10.1. The number of nitrogens with zero attached hydrogens (tertiary/aromatic N) is 1. The van der Waals surface area contributed by atoms with Gasteiger partial charge in [-0.2, -0.15) is 0 Å². The van der Waals surface area contributed by atoms with E-state index in [0.29, 0.717) is 0 Å². The molecule has 2 N–H and O–H groups in total. The van der Waals surface area contributed by atoms with E-state index in [0.717, 1.165) is 35.9 Å². The van der Waals surface area contributed by atoms with Gasteiger partial charge in [-0.05, 0) is 31.0 Å². The van der Waals surface area contributed by atoms with Crippen LogP contribution in [-0.4, -0.2) is 47.4 Å². The zero-order valence-corrected chi connectivity index (χ0v) is 11.4. The van der Waals surface area contributed by atoms with Gasteiger partial charge in [0.2, 0.25) is 5.91 Å². The first kappa shape index (κ1) is 15.0. The lowest BCUT2D eigenvalue weighted by Crippen LogP contribution is -2.39. The third-order valence-corrected chi connectivity index (χ3v) is 3.12. The molecule has 1 aromatic carbocycles. The van der Waals surface area contributed by atoms with Gasteiger partial charge in [-0.15, -0.1) is 0 Å². The summed E-state index contributed by atoms with van der Waals surface area (Å²) >= 11 is 0. The van der Waals surface area contributed by atoms with E-state index in [-0.39, 0.29) is 29.6 Å². The van der Waals surface area contributed by atoms with Crippen molar-refractivity contribution in [2.75, 3.05) is 13.6 Å². The van der Waals surface area contributed by atoms with Gasteiger partial charge in [0.05, 0.1) is 17.7 Å². The monoisotopic (exact) mass is 294 g/mol. The second-order valence-corrected chi connectivity index (χ2v) is 5.00. The molecular weight excluding hydrogens is 279 g/mol. The third kappa shape index (κ3) is 3.77. The number of carboxylic acid groups (broad SMARTS) is 1.